The van der Waals surface area contributed by atoms with Gasteiger partial charge in [0.05, 0.1) is 12.6 Å². The molecule has 2 saturated carbocycles. The van der Waals surface area contributed by atoms with Crippen LogP contribution in [0.1, 0.15) is 64.2 Å². The first kappa shape index (κ1) is 18.5. The highest BCUT2D eigenvalue weighted by molar-refractivity contribution is 6.27. The number of ether oxygens (including phenoxy) is 1. The number of hydrogen-bond donors (Lipinski definition) is 2. The highest BCUT2D eigenvalue weighted by Gasteiger charge is 2.30. The zero-order valence-corrected chi connectivity index (χ0v) is 14.2. The van der Waals surface area contributed by atoms with Gasteiger partial charge in [-0.3, -0.25) is 0 Å². The molecule has 24 heavy (non-hydrogen) atoms. The van der Waals surface area contributed by atoms with Gasteiger partial charge in [0.2, 0.25) is 0 Å². The number of rotatable bonds is 2. The van der Waals surface area contributed by atoms with Crippen LogP contribution >= 0.6 is 0 Å². The number of hydrogen-bond acceptors (Lipinski definition) is 4. The Labute approximate surface area is 142 Å². The predicted octanol–water partition coefficient (Wildman–Crippen LogP) is 2.50. The number of carbonyl (C=O) groups is 2. The number of carboxylic acids is 2. The third kappa shape index (κ3) is 5.69. The maximum absolute atomic E-state index is 9.10. The average molecular weight is 340 g/mol. The van der Waals surface area contributed by atoms with E-state index in [-0.39, 0.29) is 0 Å². The van der Waals surface area contributed by atoms with Gasteiger partial charge in [-0.1, -0.05) is 38.5 Å². The maximum Gasteiger partial charge on any atom is 0.414 e. The second-order valence-electron chi connectivity index (χ2n) is 6.65. The SMILES string of the molecule is C1CCC(N=C2OCCN2C2CCCCC2)CC1.O=C(O)C(=O)O. The van der Waals surface area contributed by atoms with Crippen molar-refractivity contribution >= 4 is 18.0 Å². The lowest BCUT2D eigenvalue weighted by Crippen LogP contribution is -2.38. The van der Waals surface area contributed by atoms with Crippen LogP contribution in [-0.4, -0.2) is 58.3 Å². The van der Waals surface area contributed by atoms with E-state index in [9.17, 15) is 0 Å². The van der Waals surface area contributed by atoms with Crippen LogP contribution in [0, 0.1) is 0 Å². The largest absolute Gasteiger partial charge is 0.473 e. The summed E-state index contributed by atoms with van der Waals surface area (Å²) in [6.07, 6.45) is 13.5. The molecule has 3 rings (SSSR count). The van der Waals surface area contributed by atoms with Gasteiger partial charge in [0, 0.05) is 6.04 Å². The first-order chi connectivity index (χ1) is 11.6. The van der Waals surface area contributed by atoms with Gasteiger partial charge < -0.3 is 19.8 Å². The van der Waals surface area contributed by atoms with Gasteiger partial charge in [0.1, 0.15) is 6.61 Å². The summed E-state index contributed by atoms with van der Waals surface area (Å²) in [6.45, 7) is 1.91. The Morgan fingerprint density at radius 3 is 2.00 bits per heavy atom. The molecule has 1 heterocycles. The minimum Gasteiger partial charge on any atom is -0.473 e. The second kappa shape index (κ2) is 9.49. The fourth-order valence-electron chi connectivity index (χ4n) is 3.62. The minimum atomic E-state index is -1.82. The number of aliphatic carboxylic acids is 2. The van der Waals surface area contributed by atoms with Gasteiger partial charge in [0.15, 0.2) is 0 Å². The Bertz CT molecular complexity index is 442. The van der Waals surface area contributed by atoms with Crippen molar-refractivity contribution < 1.29 is 24.5 Å². The lowest BCUT2D eigenvalue weighted by Gasteiger charge is -2.31. The van der Waals surface area contributed by atoms with Crippen LogP contribution in [0.15, 0.2) is 4.99 Å². The monoisotopic (exact) mass is 340 g/mol. The lowest BCUT2D eigenvalue weighted by atomic mass is 9.94. The maximum atomic E-state index is 9.10. The topological polar surface area (TPSA) is 99.4 Å². The van der Waals surface area contributed by atoms with E-state index in [2.05, 4.69) is 4.90 Å². The first-order valence-electron chi connectivity index (χ1n) is 9.01. The van der Waals surface area contributed by atoms with E-state index in [1.165, 1.54) is 64.2 Å². The van der Waals surface area contributed by atoms with Gasteiger partial charge in [-0.2, -0.15) is 0 Å². The number of nitrogens with zero attached hydrogens (tertiary/aromatic N) is 2. The molecule has 0 aromatic rings. The Morgan fingerprint density at radius 2 is 1.46 bits per heavy atom. The molecular formula is C17H28N2O5. The molecule has 0 amide bonds. The van der Waals surface area contributed by atoms with Crippen molar-refractivity contribution in [2.24, 2.45) is 4.99 Å². The van der Waals surface area contributed by atoms with Crippen LogP contribution < -0.4 is 0 Å². The zero-order valence-electron chi connectivity index (χ0n) is 14.2. The van der Waals surface area contributed by atoms with E-state index in [1.807, 2.05) is 0 Å². The highest BCUT2D eigenvalue weighted by Crippen LogP contribution is 2.26. The van der Waals surface area contributed by atoms with E-state index >= 15 is 0 Å². The van der Waals surface area contributed by atoms with Crippen LogP contribution in [0.5, 0.6) is 0 Å². The van der Waals surface area contributed by atoms with Crippen LogP contribution in [0.3, 0.4) is 0 Å². The molecule has 3 aliphatic rings. The highest BCUT2D eigenvalue weighted by atomic mass is 16.5. The van der Waals surface area contributed by atoms with Gasteiger partial charge in [0.25, 0.3) is 6.02 Å². The predicted molar refractivity (Wildman–Crippen MR) is 89.1 cm³/mol. The van der Waals surface area contributed by atoms with Crippen molar-refractivity contribution in [3.8, 4) is 0 Å². The molecule has 0 spiro atoms. The fraction of sp³-hybridized carbons (Fsp3) is 0.824. The molecule has 0 atom stereocenters. The van der Waals surface area contributed by atoms with E-state index in [0.717, 1.165) is 19.2 Å². The normalized spacial score (nSPS) is 24.2. The summed E-state index contributed by atoms with van der Waals surface area (Å²) in [5, 5.41) is 14.8. The summed E-state index contributed by atoms with van der Waals surface area (Å²) in [7, 11) is 0. The molecule has 1 aliphatic heterocycles. The molecule has 0 bridgehead atoms. The van der Waals surface area contributed by atoms with E-state index < -0.39 is 11.9 Å². The van der Waals surface area contributed by atoms with Gasteiger partial charge in [-0.25, -0.2) is 14.6 Å². The summed E-state index contributed by atoms with van der Waals surface area (Å²) in [5.74, 6) is -3.65. The molecule has 2 N–H and O–H groups in total. The Kier molecular flexibility index (Phi) is 7.34. The van der Waals surface area contributed by atoms with Gasteiger partial charge in [-0.15, -0.1) is 0 Å². The Morgan fingerprint density at radius 1 is 0.917 bits per heavy atom. The minimum absolute atomic E-state index is 0.540. The number of aliphatic imine (C=N–C) groups is 1. The first-order valence-corrected chi connectivity index (χ1v) is 9.01. The average Bonchev–Trinajstić information content (AvgIpc) is 3.05. The molecule has 2 aliphatic carbocycles. The molecule has 0 aromatic carbocycles. The van der Waals surface area contributed by atoms with Crippen LogP contribution in [0.2, 0.25) is 0 Å². The Hall–Kier alpha value is -1.79. The third-order valence-electron chi connectivity index (χ3n) is 4.88. The van der Waals surface area contributed by atoms with Crippen molar-refractivity contribution in [2.45, 2.75) is 76.3 Å². The van der Waals surface area contributed by atoms with Crippen molar-refractivity contribution in [1.29, 1.82) is 0 Å². The van der Waals surface area contributed by atoms with Crippen molar-refractivity contribution in [1.82, 2.24) is 4.90 Å². The van der Waals surface area contributed by atoms with Crippen molar-refractivity contribution in [3.63, 3.8) is 0 Å². The molecule has 0 unspecified atom stereocenters. The zero-order chi connectivity index (χ0) is 17.4. The van der Waals surface area contributed by atoms with Crippen LogP contribution in [0.25, 0.3) is 0 Å². The molecule has 7 heteroatoms. The molecule has 136 valence electrons. The van der Waals surface area contributed by atoms with Crippen molar-refractivity contribution in [2.75, 3.05) is 13.2 Å². The number of amidine groups is 1. The molecule has 0 radical (unpaired) electrons. The molecule has 3 fully saturated rings. The van der Waals surface area contributed by atoms with Crippen LogP contribution in [-0.2, 0) is 14.3 Å². The Balaban J connectivity index is 0.000000301. The quantitative estimate of drug-likeness (QED) is 0.749. The molecule has 7 nitrogen and oxygen atoms in total. The standard InChI is InChI=1S/C15H26N2O.C2H2O4/c1-3-7-13(8-4-1)16-15-17(11-12-18-15)14-9-5-2-6-10-14;3-1(4)2(5)6/h13-14H,1-12H2;(H,3,4)(H,5,6). The summed E-state index contributed by atoms with van der Waals surface area (Å²) < 4.78 is 5.80. The summed E-state index contributed by atoms with van der Waals surface area (Å²) >= 11 is 0. The molecular weight excluding hydrogens is 312 g/mol. The van der Waals surface area contributed by atoms with E-state index in [1.54, 1.807) is 0 Å². The lowest BCUT2D eigenvalue weighted by molar-refractivity contribution is -0.159. The van der Waals surface area contributed by atoms with E-state index in [4.69, 9.17) is 29.5 Å². The summed E-state index contributed by atoms with van der Waals surface area (Å²) in [6, 6.07) is 2.23. The fourth-order valence-corrected chi connectivity index (χ4v) is 3.62. The smallest absolute Gasteiger partial charge is 0.414 e. The van der Waals surface area contributed by atoms with Crippen molar-refractivity contribution in [3.05, 3.63) is 0 Å². The molecule has 0 aromatic heterocycles. The molecule has 1 saturated heterocycles. The van der Waals surface area contributed by atoms with E-state index in [0.29, 0.717) is 12.1 Å². The summed E-state index contributed by atoms with van der Waals surface area (Å²) in [5.41, 5.74) is 0. The van der Waals surface area contributed by atoms with Crippen LogP contribution in [0.4, 0.5) is 0 Å². The van der Waals surface area contributed by atoms with Gasteiger partial charge >= 0.3 is 11.9 Å². The number of carboxylic acid groups (broad SMARTS) is 2. The van der Waals surface area contributed by atoms with Gasteiger partial charge in [-0.05, 0) is 25.7 Å². The summed E-state index contributed by atoms with van der Waals surface area (Å²) in [4.78, 5) is 25.6. The second-order valence-corrected chi connectivity index (χ2v) is 6.65. The third-order valence-corrected chi connectivity index (χ3v) is 4.88.